The summed E-state index contributed by atoms with van der Waals surface area (Å²) in [6.45, 7) is 4.06. The van der Waals surface area contributed by atoms with E-state index in [0.29, 0.717) is 17.7 Å². The van der Waals surface area contributed by atoms with E-state index in [1.54, 1.807) is 24.3 Å². The molecule has 1 aromatic rings. The number of hydrogen-bond donors (Lipinski definition) is 2. The first-order valence-corrected chi connectivity index (χ1v) is 9.32. The number of nitrogens with one attached hydrogen (secondary N) is 2. The van der Waals surface area contributed by atoms with Crippen molar-refractivity contribution in [2.24, 2.45) is 0 Å². The number of imide groups is 1. The van der Waals surface area contributed by atoms with Gasteiger partial charge in [-0.15, -0.1) is 0 Å². The maximum absolute atomic E-state index is 12.5. The summed E-state index contributed by atoms with van der Waals surface area (Å²) in [6.07, 6.45) is 4.77. The van der Waals surface area contributed by atoms with Crippen LogP contribution < -0.4 is 10.6 Å². The molecule has 1 aromatic carbocycles. The van der Waals surface area contributed by atoms with Crippen LogP contribution in [0, 0.1) is 0 Å². The monoisotopic (exact) mass is 358 g/mol. The summed E-state index contributed by atoms with van der Waals surface area (Å²) in [5, 5.41) is 5.45. The normalized spacial score (nSPS) is 18.1. The van der Waals surface area contributed by atoms with Gasteiger partial charge in [-0.2, -0.15) is 0 Å². The zero-order valence-electron chi connectivity index (χ0n) is 15.0. The minimum atomic E-state index is -0.410. The van der Waals surface area contributed by atoms with Gasteiger partial charge in [0.05, 0.1) is 13.1 Å². The van der Waals surface area contributed by atoms with E-state index in [1.807, 2.05) is 0 Å². The van der Waals surface area contributed by atoms with Gasteiger partial charge in [-0.25, -0.2) is 4.79 Å². The fourth-order valence-corrected chi connectivity index (χ4v) is 3.45. The molecule has 7 heteroatoms. The number of carbonyl (C=O) groups excluding carboxylic acids is 3. The summed E-state index contributed by atoms with van der Waals surface area (Å²) in [4.78, 5) is 39.6. The third-order valence-corrected chi connectivity index (χ3v) is 4.91. The van der Waals surface area contributed by atoms with Crippen LogP contribution in [0.1, 0.15) is 41.6 Å². The van der Waals surface area contributed by atoms with E-state index in [-0.39, 0.29) is 24.9 Å². The Hall–Kier alpha value is -2.41. The maximum Gasteiger partial charge on any atom is 0.324 e. The van der Waals surface area contributed by atoms with Gasteiger partial charge in [0.1, 0.15) is 0 Å². The van der Waals surface area contributed by atoms with Gasteiger partial charge in [-0.05, 0) is 50.5 Å². The average molecular weight is 358 g/mol. The molecule has 0 radical (unpaired) electrons. The molecule has 7 nitrogen and oxygen atoms in total. The Kier molecular flexibility index (Phi) is 6.22. The van der Waals surface area contributed by atoms with E-state index >= 15 is 0 Å². The van der Waals surface area contributed by atoms with Crippen LogP contribution in [0.15, 0.2) is 24.3 Å². The van der Waals surface area contributed by atoms with Gasteiger partial charge in [0.15, 0.2) is 0 Å². The molecule has 0 aliphatic carbocycles. The molecule has 0 atom stereocenters. The maximum atomic E-state index is 12.5. The molecule has 2 saturated heterocycles. The minimum Gasteiger partial charge on any atom is -0.352 e. The second-order valence-electron chi connectivity index (χ2n) is 6.81. The minimum absolute atomic E-state index is 0.0176. The number of likely N-dealkylation sites (tertiary alicyclic amines) is 1. The second kappa shape index (κ2) is 8.80. The van der Waals surface area contributed by atoms with Crippen LogP contribution in [0.25, 0.3) is 0 Å². The molecule has 0 saturated carbocycles. The summed E-state index contributed by atoms with van der Waals surface area (Å²) in [5.74, 6) is -0.432. The SMILES string of the molecule is O=C(NCCCN1CCCCC1)c1ccccc1CN1C(=O)CNC1=O. The molecule has 0 aromatic heterocycles. The fraction of sp³-hybridized carbons (Fsp3) is 0.526. The molecule has 26 heavy (non-hydrogen) atoms. The zero-order chi connectivity index (χ0) is 18.4. The lowest BCUT2D eigenvalue weighted by molar-refractivity contribution is -0.125. The lowest BCUT2D eigenvalue weighted by atomic mass is 10.1. The molecule has 0 bridgehead atoms. The van der Waals surface area contributed by atoms with Gasteiger partial charge in [0.2, 0.25) is 5.91 Å². The number of amides is 4. The van der Waals surface area contributed by atoms with Gasteiger partial charge in [0.25, 0.3) is 5.91 Å². The Morgan fingerprint density at radius 2 is 1.88 bits per heavy atom. The summed E-state index contributed by atoms with van der Waals surface area (Å²) in [5.41, 5.74) is 1.18. The van der Waals surface area contributed by atoms with Crippen LogP contribution in [0.5, 0.6) is 0 Å². The summed E-state index contributed by atoms with van der Waals surface area (Å²) in [6, 6.07) is 6.69. The number of benzene rings is 1. The van der Waals surface area contributed by atoms with Crippen molar-refractivity contribution in [3.63, 3.8) is 0 Å². The molecule has 140 valence electrons. The van der Waals surface area contributed by atoms with Gasteiger partial charge in [0, 0.05) is 12.1 Å². The third kappa shape index (κ3) is 4.60. The molecule has 0 spiro atoms. The first-order chi connectivity index (χ1) is 12.6. The van der Waals surface area contributed by atoms with Crippen LogP contribution in [0.3, 0.4) is 0 Å². The third-order valence-electron chi connectivity index (χ3n) is 4.91. The van der Waals surface area contributed by atoms with Crippen LogP contribution in [0.4, 0.5) is 4.79 Å². The Bertz CT molecular complexity index is 655. The summed E-state index contributed by atoms with van der Waals surface area (Å²) in [7, 11) is 0. The van der Waals surface area contributed by atoms with Crippen molar-refractivity contribution in [1.29, 1.82) is 0 Å². The van der Waals surface area contributed by atoms with Crippen LogP contribution in [-0.2, 0) is 11.3 Å². The Morgan fingerprint density at radius 3 is 2.62 bits per heavy atom. The highest BCUT2D eigenvalue weighted by molar-refractivity contribution is 6.02. The lowest BCUT2D eigenvalue weighted by Gasteiger charge is -2.26. The molecular formula is C19H26N4O3. The summed E-state index contributed by atoms with van der Waals surface area (Å²) >= 11 is 0. The zero-order valence-corrected chi connectivity index (χ0v) is 15.0. The van der Waals surface area contributed by atoms with E-state index < -0.39 is 6.03 Å². The Labute approximate surface area is 153 Å². The number of carbonyl (C=O) groups is 3. The van der Waals surface area contributed by atoms with Crippen molar-refractivity contribution in [2.75, 3.05) is 32.7 Å². The van der Waals surface area contributed by atoms with Gasteiger partial charge >= 0.3 is 6.03 Å². The number of nitrogens with zero attached hydrogens (tertiary/aromatic N) is 2. The molecular weight excluding hydrogens is 332 g/mol. The smallest absolute Gasteiger partial charge is 0.324 e. The van der Waals surface area contributed by atoms with Crippen molar-refractivity contribution < 1.29 is 14.4 Å². The van der Waals surface area contributed by atoms with Gasteiger partial charge in [-0.1, -0.05) is 24.6 Å². The van der Waals surface area contributed by atoms with Crippen molar-refractivity contribution in [1.82, 2.24) is 20.4 Å². The fourth-order valence-electron chi connectivity index (χ4n) is 3.45. The quantitative estimate of drug-likeness (QED) is 0.569. The molecule has 2 fully saturated rings. The Balaban J connectivity index is 1.52. The molecule has 2 N–H and O–H groups in total. The van der Waals surface area contributed by atoms with Crippen LogP contribution in [-0.4, -0.2) is 60.4 Å². The Morgan fingerprint density at radius 1 is 1.12 bits per heavy atom. The first kappa shape index (κ1) is 18.4. The van der Waals surface area contributed by atoms with Crippen LogP contribution >= 0.6 is 0 Å². The highest BCUT2D eigenvalue weighted by Gasteiger charge is 2.29. The molecule has 2 aliphatic rings. The van der Waals surface area contributed by atoms with E-state index in [1.165, 1.54) is 19.3 Å². The van der Waals surface area contributed by atoms with Gasteiger partial charge < -0.3 is 15.5 Å². The molecule has 0 unspecified atom stereocenters. The average Bonchev–Trinajstić information content (AvgIpc) is 2.98. The first-order valence-electron chi connectivity index (χ1n) is 9.32. The number of hydrogen-bond acceptors (Lipinski definition) is 4. The van der Waals surface area contributed by atoms with Crippen LogP contribution in [0.2, 0.25) is 0 Å². The van der Waals surface area contributed by atoms with Crippen molar-refractivity contribution in [2.45, 2.75) is 32.2 Å². The number of piperidine rings is 1. The highest BCUT2D eigenvalue weighted by atomic mass is 16.2. The van der Waals surface area contributed by atoms with Gasteiger partial charge in [-0.3, -0.25) is 14.5 Å². The van der Waals surface area contributed by atoms with Crippen molar-refractivity contribution in [3.05, 3.63) is 35.4 Å². The van der Waals surface area contributed by atoms with E-state index in [2.05, 4.69) is 15.5 Å². The molecule has 2 aliphatic heterocycles. The molecule has 2 heterocycles. The van der Waals surface area contributed by atoms with E-state index in [9.17, 15) is 14.4 Å². The number of urea groups is 1. The largest absolute Gasteiger partial charge is 0.352 e. The van der Waals surface area contributed by atoms with Crippen molar-refractivity contribution >= 4 is 17.8 Å². The lowest BCUT2D eigenvalue weighted by Crippen LogP contribution is -2.34. The highest BCUT2D eigenvalue weighted by Crippen LogP contribution is 2.14. The molecule has 3 rings (SSSR count). The van der Waals surface area contributed by atoms with E-state index in [0.717, 1.165) is 31.0 Å². The topological polar surface area (TPSA) is 81.8 Å². The van der Waals surface area contributed by atoms with Crippen molar-refractivity contribution in [3.8, 4) is 0 Å². The second-order valence-corrected chi connectivity index (χ2v) is 6.81. The predicted octanol–water partition coefficient (Wildman–Crippen LogP) is 1.34. The van der Waals surface area contributed by atoms with E-state index in [4.69, 9.17) is 0 Å². The standard InChI is InChI=1S/C19H26N4O3/c24-17-13-21-19(26)23(17)14-15-7-2-3-8-16(15)18(25)20-9-6-12-22-10-4-1-5-11-22/h2-3,7-8H,1,4-6,9-14H2,(H,20,25)(H,21,26). The summed E-state index contributed by atoms with van der Waals surface area (Å²) < 4.78 is 0. The molecule has 4 amide bonds. The predicted molar refractivity (Wildman–Crippen MR) is 97.6 cm³/mol. The number of rotatable bonds is 7.